The predicted molar refractivity (Wildman–Crippen MR) is 110 cm³/mol. The first-order chi connectivity index (χ1) is 14.0. The fraction of sp³-hybridized carbons (Fsp3) is 0.0952. The number of nitrogens with zero attached hydrogens (tertiary/aromatic N) is 2. The summed E-state index contributed by atoms with van der Waals surface area (Å²) in [5.41, 5.74) is 6.33. The molecular weight excluding hydrogens is 373 g/mol. The zero-order chi connectivity index (χ0) is 20.8. The predicted octanol–water partition coefficient (Wildman–Crippen LogP) is 3.11. The molecule has 148 valence electrons. The van der Waals surface area contributed by atoms with Crippen LogP contribution in [0.15, 0.2) is 66.9 Å². The maximum absolute atomic E-state index is 13.9. The lowest BCUT2D eigenvalue weighted by molar-refractivity contribution is 0.0847. The van der Waals surface area contributed by atoms with Crippen LogP contribution >= 0.6 is 0 Å². The second kappa shape index (κ2) is 8.83. The van der Waals surface area contributed by atoms with Crippen LogP contribution in [0.1, 0.15) is 20.7 Å². The number of pyridine rings is 1. The summed E-state index contributed by atoms with van der Waals surface area (Å²) in [6.45, 7) is 0. The number of hydrazine groups is 1. The van der Waals surface area contributed by atoms with Crippen LogP contribution in [-0.2, 0) is 0 Å². The third-order valence-electron chi connectivity index (χ3n) is 4.09. The molecule has 3 N–H and O–H groups in total. The van der Waals surface area contributed by atoms with Gasteiger partial charge in [0.1, 0.15) is 11.6 Å². The maximum Gasteiger partial charge on any atom is 0.273 e. The van der Waals surface area contributed by atoms with Gasteiger partial charge in [-0.25, -0.2) is 9.37 Å². The minimum atomic E-state index is -0.589. The monoisotopic (exact) mass is 393 g/mol. The van der Waals surface area contributed by atoms with Crippen LogP contribution in [0.4, 0.5) is 21.6 Å². The zero-order valence-corrected chi connectivity index (χ0v) is 15.9. The summed E-state index contributed by atoms with van der Waals surface area (Å²) in [5, 5.41) is 2.80. The SMILES string of the molecule is CN(C)c1cccc(C(=O)NNC(=O)c2cccnc2Nc2ccccc2F)c1. The number of aromatic nitrogens is 1. The number of carbonyl (C=O) groups excluding carboxylic acids is 2. The van der Waals surface area contributed by atoms with Crippen molar-refractivity contribution in [2.24, 2.45) is 0 Å². The third-order valence-corrected chi connectivity index (χ3v) is 4.09. The molecule has 0 bridgehead atoms. The standard InChI is InChI=1S/C21H20FN5O2/c1-27(2)15-8-5-7-14(13-15)20(28)25-26-21(29)16-9-6-12-23-19(16)24-18-11-4-3-10-17(18)22/h3-13H,1-2H3,(H,23,24)(H,25,28)(H,26,29). The second-order valence-corrected chi connectivity index (χ2v) is 6.36. The summed E-state index contributed by atoms with van der Waals surface area (Å²) < 4.78 is 13.9. The van der Waals surface area contributed by atoms with Gasteiger partial charge in [-0.05, 0) is 42.5 Å². The molecule has 1 aromatic heterocycles. The van der Waals surface area contributed by atoms with E-state index in [-0.39, 0.29) is 17.1 Å². The van der Waals surface area contributed by atoms with Crippen LogP contribution in [0.5, 0.6) is 0 Å². The molecule has 0 radical (unpaired) electrons. The van der Waals surface area contributed by atoms with Crippen molar-refractivity contribution in [3.05, 3.63) is 83.8 Å². The fourth-order valence-electron chi connectivity index (χ4n) is 2.56. The Morgan fingerprint density at radius 2 is 1.69 bits per heavy atom. The summed E-state index contributed by atoms with van der Waals surface area (Å²) >= 11 is 0. The lowest BCUT2D eigenvalue weighted by atomic mass is 10.2. The first-order valence-corrected chi connectivity index (χ1v) is 8.80. The van der Waals surface area contributed by atoms with Gasteiger partial charge >= 0.3 is 0 Å². The topological polar surface area (TPSA) is 86.4 Å². The quantitative estimate of drug-likeness (QED) is 0.580. The average molecular weight is 393 g/mol. The Labute approximate surface area is 167 Å². The minimum absolute atomic E-state index is 0.151. The first-order valence-electron chi connectivity index (χ1n) is 8.80. The highest BCUT2D eigenvalue weighted by Crippen LogP contribution is 2.20. The van der Waals surface area contributed by atoms with Gasteiger partial charge in [-0.15, -0.1) is 0 Å². The van der Waals surface area contributed by atoms with Gasteiger partial charge < -0.3 is 10.2 Å². The molecule has 0 saturated carbocycles. The number of halogens is 1. The van der Waals surface area contributed by atoms with Crippen molar-refractivity contribution in [3.8, 4) is 0 Å². The van der Waals surface area contributed by atoms with Crippen LogP contribution in [0.2, 0.25) is 0 Å². The lowest BCUT2D eigenvalue weighted by Crippen LogP contribution is -2.41. The molecule has 0 fully saturated rings. The number of nitrogens with one attached hydrogen (secondary N) is 3. The summed E-state index contributed by atoms with van der Waals surface area (Å²) in [6.07, 6.45) is 1.48. The third kappa shape index (κ3) is 4.86. The number of rotatable bonds is 5. The highest BCUT2D eigenvalue weighted by atomic mass is 19.1. The summed E-state index contributed by atoms with van der Waals surface area (Å²) in [6, 6.07) is 16.1. The molecule has 2 amide bonds. The van der Waals surface area contributed by atoms with Gasteiger partial charge in [0.25, 0.3) is 11.8 Å². The molecule has 7 nitrogen and oxygen atoms in total. The number of hydrogen-bond donors (Lipinski definition) is 3. The van der Waals surface area contributed by atoms with E-state index in [2.05, 4.69) is 21.2 Å². The molecule has 0 aliphatic rings. The van der Waals surface area contributed by atoms with E-state index in [0.717, 1.165) is 5.69 Å². The molecule has 0 saturated heterocycles. The number of benzene rings is 2. The molecule has 2 aromatic carbocycles. The van der Waals surface area contributed by atoms with E-state index in [9.17, 15) is 14.0 Å². The van der Waals surface area contributed by atoms with E-state index < -0.39 is 17.6 Å². The van der Waals surface area contributed by atoms with Crippen LogP contribution in [0, 0.1) is 5.82 Å². The van der Waals surface area contributed by atoms with Crippen molar-refractivity contribution in [2.75, 3.05) is 24.3 Å². The van der Waals surface area contributed by atoms with E-state index >= 15 is 0 Å². The molecule has 0 aliphatic heterocycles. The number of para-hydroxylation sites is 1. The molecule has 0 atom stereocenters. The van der Waals surface area contributed by atoms with Crippen LogP contribution < -0.4 is 21.1 Å². The number of anilines is 3. The van der Waals surface area contributed by atoms with E-state index in [1.165, 1.54) is 24.4 Å². The average Bonchev–Trinajstić information content (AvgIpc) is 2.74. The maximum atomic E-state index is 13.9. The highest BCUT2D eigenvalue weighted by Gasteiger charge is 2.15. The lowest BCUT2D eigenvalue weighted by Gasteiger charge is -2.14. The van der Waals surface area contributed by atoms with E-state index in [1.54, 1.807) is 36.4 Å². The van der Waals surface area contributed by atoms with Crippen LogP contribution in [-0.4, -0.2) is 30.9 Å². The van der Waals surface area contributed by atoms with Gasteiger partial charge in [-0.3, -0.25) is 20.4 Å². The van der Waals surface area contributed by atoms with Crippen molar-refractivity contribution < 1.29 is 14.0 Å². The molecule has 0 aliphatic carbocycles. The summed E-state index contributed by atoms with van der Waals surface area (Å²) in [5.74, 6) is -1.36. The van der Waals surface area contributed by atoms with E-state index in [0.29, 0.717) is 5.56 Å². The van der Waals surface area contributed by atoms with Gasteiger partial charge in [0, 0.05) is 31.5 Å². The first kappa shape index (κ1) is 19.8. The van der Waals surface area contributed by atoms with E-state index in [4.69, 9.17) is 0 Å². The van der Waals surface area contributed by atoms with Gasteiger partial charge in [0.15, 0.2) is 0 Å². The summed E-state index contributed by atoms with van der Waals surface area (Å²) in [4.78, 5) is 30.9. The fourth-order valence-corrected chi connectivity index (χ4v) is 2.56. The smallest absolute Gasteiger partial charge is 0.273 e. The van der Waals surface area contributed by atoms with E-state index in [1.807, 2.05) is 25.1 Å². The van der Waals surface area contributed by atoms with Gasteiger partial charge in [-0.1, -0.05) is 18.2 Å². The van der Waals surface area contributed by atoms with Crippen molar-refractivity contribution in [1.82, 2.24) is 15.8 Å². The Morgan fingerprint density at radius 3 is 2.45 bits per heavy atom. The van der Waals surface area contributed by atoms with Crippen LogP contribution in [0.25, 0.3) is 0 Å². The molecule has 3 rings (SSSR count). The van der Waals surface area contributed by atoms with Crippen molar-refractivity contribution in [3.63, 3.8) is 0 Å². The molecule has 8 heteroatoms. The molecule has 1 heterocycles. The number of hydrogen-bond acceptors (Lipinski definition) is 5. The normalized spacial score (nSPS) is 10.2. The van der Waals surface area contributed by atoms with Crippen molar-refractivity contribution in [2.45, 2.75) is 0 Å². The van der Waals surface area contributed by atoms with Crippen LogP contribution in [0.3, 0.4) is 0 Å². The summed E-state index contributed by atoms with van der Waals surface area (Å²) in [7, 11) is 3.73. The van der Waals surface area contributed by atoms with Crippen molar-refractivity contribution in [1.29, 1.82) is 0 Å². The molecule has 29 heavy (non-hydrogen) atoms. The Morgan fingerprint density at radius 1 is 0.931 bits per heavy atom. The molecule has 3 aromatic rings. The number of amides is 2. The molecular formula is C21H20FN5O2. The number of carbonyl (C=O) groups is 2. The molecule has 0 unspecified atom stereocenters. The Bertz CT molecular complexity index is 1040. The minimum Gasteiger partial charge on any atom is -0.378 e. The van der Waals surface area contributed by atoms with Crippen molar-refractivity contribution >= 4 is 29.0 Å². The highest BCUT2D eigenvalue weighted by molar-refractivity contribution is 6.02. The van der Waals surface area contributed by atoms with Gasteiger partial charge in [0.05, 0.1) is 11.3 Å². The van der Waals surface area contributed by atoms with Gasteiger partial charge in [-0.2, -0.15) is 0 Å². The second-order valence-electron chi connectivity index (χ2n) is 6.36. The Hall–Kier alpha value is -3.94. The zero-order valence-electron chi connectivity index (χ0n) is 15.9. The largest absolute Gasteiger partial charge is 0.378 e. The Kier molecular flexibility index (Phi) is 6.03. The molecule has 0 spiro atoms. The van der Waals surface area contributed by atoms with Gasteiger partial charge in [0.2, 0.25) is 0 Å². The Balaban J connectivity index is 1.71.